The summed E-state index contributed by atoms with van der Waals surface area (Å²) in [6.07, 6.45) is 1.49. The van der Waals surface area contributed by atoms with Crippen LogP contribution >= 0.6 is 0 Å². The average Bonchev–Trinajstić information content (AvgIpc) is 2.86. The standard InChI is InChI=1S/C17H25N3O2.C2H6/c1-4-10-20-15(16(21)18-12(2)3)14(19-17(20)22)11-13-8-6-5-7-9-13;1-2/h5-9,12,14-15H,4,10-11H2,1-3H3,(H,18,21)(H,19,22);1-2H3. The van der Waals surface area contributed by atoms with Crippen LogP contribution in [0, 0.1) is 0 Å². The SMILES string of the molecule is CC.CCCN1C(=O)NC(Cc2ccccc2)C1C(=O)NC(C)C. The highest BCUT2D eigenvalue weighted by molar-refractivity contribution is 5.91. The minimum atomic E-state index is -0.449. The molecule has 1 saturated heterocycles. The van der Waals surface area contributed by atoms with E-state index in [9.17, 15) is 9.59 Å². The van der Waals surface area contributed by atoms with E-state index in [2.05, 4.69) is 10.6 Å². The second-order valence-electron chi connectivity index (χ2n) is 6.05. The lowest BCUT2D eigenvalue weighted by Crippen LogP contribution is -2.51. The molecule has 0 aromatic heterocycles. The van der Waals surface area contributed by atoms with E-state index in [1.165, 1.54) is 0 Å². The Balaban J connectivity index is 0.00000139. The lowest BCUT2D eigenvalue weighted by molar-refractivity contribution is -0.125. The summed E-state index contributed by atoms with van der Waals surface area (Å²) in [5, 5.41) is 5.90. The highest BCUT2D eigenvalue weighted by Gasteiger charge is 2.43. The number of nitrogens with zero attached hydrogens (tertiary/aromatic N) is 1. The summed E-state index contributed by atoms with van der Waals surface area (Å²) in [5.41, 5.74) is 1.12. The number of carbonyl (C=O) groups is 2. The second-order valence-corrected chi connectivity index (χ2v) is 6.05. The molecule has 1 fully saturated rings. The van der Waals surface area contributed by atoms with E-state index >= 15 is 0 Å². The third-order valence-corrected chi connectivity index (χ3v) is 3.75. The fraction of sp³-hybridized carbons (Fsp3) is 0.579. The van der Waals surface area contributed by atoms with Crippen LogP contribution in [0.2, 0.25) is 0 Å². The van der Waals surface area contributed by atoms with E-state index in [1.54, 1.807) is 4.90 Å². The van der Waals surface area contributed by atoms with Crippen molar-refractivity contribution in [3.8, 4) is 0 Å². The van der Waals surface area contributed by atoms with Crippen LogP contribution in [0.3, 0.4) is 0 Å². The van der Waals surface area contributed by atoms with Crippen molar-refractivity contribution in [1.82, 2.24) is 15.5 Å². The molecule has 0 spiro atoms. The number of hydrogen-bond donors (Lipinski definition) is 2. The molecular weight excluding hydrogens is 302 g/mol. The van der Waals surface area contributed by atoms with E-state index in [0.29, 0.717) is 13.0 Å². The molecule has 2 N–H and O–H groups in total. The molecule has 1 aliphatic heterocycles. The van der Waals surface area contributed by atoms with Crippen molar-refractivity contribution in [2.45, 2.75) is 65.6 Å². The first-order chi connectivity index (χ1) is 11.5. The molecule has 3 amide bonds. The van der Waals surface area contributed by atoms with Crippen LogP contribution in [0.25, 0.3) is 0 Å². The summed E-state index contributed by atoms with van der Waals surface area (Å²) >= 11 is 0. The number of hydrogen-bond acceptors (Lipinski definition) is 2. The molecule has 1 heterocycles. The monoisotopic (exact) mass is 333 g/mol. The van der Waals surface area contributed by atoms with Gasteiger partial charge in [-0.15, -0.1) is 0 Å². The molecule has 0 radical (unpaired) electrons. The Hall–Kier alpha value is -2.04. The van der Waals surface area contributed by atoms with Gasteiger partial charge in [0.05, 0.1) is 6.04 Å². The Morgan fingerprint density at radius 3 is 2.42 bits per heavy atom. The third kappa shape index (κ3) is 5.25. The predicted molar refractivity (Wildman–Crippen MR) is 97.9 cm³/mol. The van der Waals surface area contributed by atoms with Crippen LogP contribution in [0.5, 0.6) is 0 Å². The van der Waals surface area contributed by atoms with Crippen molar-refractivity contribution in [3.63, 3.8) is 0 Å². The Labute approximate surface area is 145 Å². The van der Waals surface area contributed by atoms with E-state index in [4.69, 9.17) is 0 Å². The third-order valence-electron chi connectivity index (χ3n) is 3.75. The molecule has 24 heavy (non-hydrogen) atoms. The highest BCUT2D eigenvalue weighted by atomic mass is 16.2. The summed E-state index contributed by atoms with van der Waals surface area (Å²) in [6.45, 7) is 10.5. The van der Waals surface area contributed by atoms with Crippen LogP contribution in [0.4, 0.5) is 4.79 Å². The zero-order chi connectivity index (χ0) is 18.1. The van der Waals surface area contributed by atoms with Crippen LogP contribution in [0.15, 0.2) is 30.3 Å². The Bertz CT molecular complexity index is 517. The average molecular weight is 333 g/mol. The Morgan fingerprint density at radius 1 is 1.25 bits per heavy atom. The maximum absolute atomic E-state index is 12.5. The first-order valence-corrected chi connectivity index (χ1v) is 8.94. The van der Waals surface area contributed by atoms with Gasteiger partial charge in [0.25, 0.3) is 0 Å². The minimum absolute atomic E-state index is 0.0593. The number of rotatable bonds is 6. The van der Waals surface area contributed by atoms with Gasteiger partial charge in [0.2, 0.25) is 5.91 Å². The molecule has 5 nitrogen and oxygen atoms in total. The van der Waals surface area contributed by atoms with E-state index in [0.717, 1.165) is 12.0 Å². The molecular formula is C19H31N3O2. The van der Waals surface area contributed by atoms with Gasteiger partial charge in [0, 0.05) is 12.6 Å². The maximum atomic E-state index is 12.5. The highest BCUT2D eigenvalue weighted by Crippen LogP contribution is 2.19. The molecule has 0 saturated carbocycles. The predicted octanol–water partition coefficient (Wildman–Crippen LogP) is 2.95. The first kappa shape index (κ1) is 20.0. The van der Waals surface area contributed by atoms with Crippen LogP contribution in [-0.2, 0) is 11.2 Å². The van der Waals surface area contributed by atoms with Gasteiger partial charge in [0.1, 0.15) is 6.04 Å². The van der Waals surface area contributed by atoms with E-state index in [1.807, 2.05) is 65.0 Å². The zero-order valence-electron chi connectivity index (χ0n) is 15.5. The first-order valence-electron chi connectivity index (χ1n) is 8.94. The molecule has 0 bridgehead atoms. The van der Waals surface area contributed by atoms with E-state index < -0.39 is 6.04 Å². The smallest absolute Gasteiger partial charge is 0.318 e. The van der Waals surface area contributed by atoms with Crippen LogP contribution in [-0.4, -0.2) is 41.5 Å². The largest absolute Gasteiger partial charge is 0.352 e. The summed E-state index contributed by atoms with van der Waals surface area (Å²) in [7, 11) is 0. The second kappa shape index (κ2) is 9.96. The van der Waals surface area contributed by atoms with Crippen molar-refractivity contribution in [1.29, 1.82) is 0 Å². The zero-order valence-corrected chi connectivity index (χ0v) is 15.5. The number of nitrogens with one attached hydrogen (secondary N) is 2. The molecule has 5 heteroatoms. The van der Waals surface area contributed by atoms with Gasteiger partial charge in [-0.2, -0.15) is 0 Å². The molecule has 134 valence electrons. The molecule has 2 atom stereocenters. The van der Waals surface area contributed by atoms with Crippen molar-refractivity contribution >= 4 is 11.9 Å². The fourth-order valence-electron chi connectivity index (χ4n) is 2.87. The summed E-state index contributed by atoms with van der Waals surface area (Å²) in [4.78, 5) is 26.4. The normalized spacial score (nSPS) is 19.6. The molecule has 2 rings (SSSR count). The van der Waals surface area contributed by atoms with Crippen molar-refractivity contribution in [3.05, 3.63) is 35.9 Å². The Kier molecular flexibility index (Phi) is 8.30. The van der Waals surface area contributed by atoms with Crippen molar-refractivity contribution in [2.75, 3.05) is 6.54 Å². The maximum Gasteiger partial charge on any atom is 0.318 e. The quantitative estimate of drug-likeness (QED) is 0.841. The summed E-state index contributed by atoms with van der Waals surface area (Å²) in [6, 6.07) is 9.21. The number of urea groups is 1. The minimum Gasteiger partial charge on any atom is -0.352 e. The van der Waals surface area contributed by atoms with Crippen LogP contribution in [0.1, 0.15) is 46.6 Å². The lowest BCUT2D eigenvalue weighted by Gasteiger charge is -2.26. The van der Waals surface area contributed by atoms with Crippen LogP contribution < -0.4 is 10.6 Å². The van der Waals surface area contributed by atoms with Gasteiger partial charge < -0.3 is 15.5 Å². The van der Waals surface area contributed by atoms with Gasteiger partial charge in [-0.05, 0) is 32.3 Å². The molecule has 1 aromatic carbocycles. The van der Waals surface area contributed by atoms with Gasteiger partial charge >= 0.3 is 6.03 Å². The van der Waals surface area contributed by atoms with Gasteiger partial charge in [-0.1, -0.05) is 51.1 Å². The van der Waals surface area contributed by atoms with Gasteiger partial charge in [0.15, 0.2) is 0 Å². The van der Waals surface area contributed by atoms with Crippen molar-refractivity contribution < 1.29 is 9.59 Å². The van der Waals surface area contributed by atoms with Crippen molar-refractivity contribution in [2.24, 2.45) is 0 Å². The number of carbonyl (C=O) groups excluding carboxylic acids is 2. The number of benzene rings is 1. The topological polar surface area (TPSA) is 61.4 Å². The summed E-state index contributed by atoms with van der Waals surface area (Å²) in [5.74, 6) is -0.0808. The molecule has 1 aromatic rings. The lowest BCUT2D eigenvalue weighted by atomic mass is 9.99. The fourth-order valence-corrected chi connectivity index (χ4v) is 2.87. The van der Waals surface area contributed by atoms with Gasteiger partial charge in [-0.3, -0.25) is 4.79 Å². The number of amides is 3. The van der Waals surface area contributed by atoms with E-state index in [-0.39, 0.29) is 24.0 Å². The van der Waals surface area contributed by atoms with Gasteiger partial charge in [-0.25, -0.2) is 4.79 Å². The Morgan fingerprint density at radius 2 is 1.88 bits per heavy atom. The molecule has 0 aliphatic carbocycles. The molecule has 1 aliphatic rings. The summed E-state index contributed by atoms with van der Waals surface area (Å²) < 4.78 is 0. The molecule has 2 unspecified atom stereocenters.